The van der Waals surface area contributed by atoms with Crippen molar-refractivity contribution in [3.05, 3.63) is 37.9 Å². The van der Waals surface area contributed by atoms with E-state index in [1.165, 1.54) is 24.1 Å². The smallest absolute Gasteiger partial charge is 0.113 e. The van der Waals surface area contributed by atoms with E-state index in [0.29, 0.717) is 5.41 Å². The van der Waals surface area contributed by atoms with Crippen LogP contribution in [0.2, 0.25) is 0 Å². The molecule has 4 heteroatoms. The Labute approximate surface area is 100 Å². The van der Waals surface area contributed by atoms with Crippen molar-refractivity contribution in [2.24, 2.45) is 0 Å². The van der Waals surface area contributed by atoms with Gasteiger partial charge in [-0.3, -0.25) is 12.0 Å². The quantitative estimate of drug-likeness (QED) is 0.641. The van der Waals surface area contributed by atoms with Crippen molar-refractivity contribution < 1.29 is 0 Å². The third kappa shape index (κ3) is 1.08. The fraction of sp³-hybridized carbons (Fsp3) is 0.385. The first-order chi connectivity index (χ1) is 8.21. The lowest BCUT2D eigenvalue weighted by atomic mass is 9.91. The summed E-state index contributed by atoms with van der Waals surface area (Å²) in [5, 5.41) is 0. The van der Waals surface area contributed by atoms with Gasteiger partial charge in [-0.15, -0.1) is 7.05 Å². The van der Waals surface area contributed by atoms with E-state index in [9.17, 15) is 0 Å². The Morgan fingerprint density at radius 2 is 2.12 bits per heavy atom. The summed E-state index contributed by atoms with van der Waals surface area (Å²) in [6.07, 6.45) is 5.98. The molecule has 88 valence electrons. The average Bonchev–Trinajstić information content (AvgIpc) is 3.01. The molecule has 2 aliphatic rings. The average molecular weight is 226 g/mol. The Morgan fingerprint density at radius 1 is 1.29 bits per heavy atom. The SMILES string of the molecule is [CH2-]N1Cc2c(c3ncncc3n2[CH2-])C2(CC2)C1. The number of nitrogens with zero attached hydrogens (tertiary/aromatic N) is 4. The standard InChI is InChI=1S/C13H14N4/c1-16-6-10-11(13(7-16)3-4-13)12-9(17(10)2)5-14-8-15-12/h5,8H,1-4,6-7H2/q-2. The van der Waals surface area contributed by atoms with Gasteiger partial charge in [0.25, 0.3) is 0 Å². The first kappa shape index (κ1) is 9.48. The Morgan fingerprint density at radius 3 is 2.88 bits per heavy atom. The molecule has 1 fully saturated rings. The fourth-order valence-electron chi connectivity index (χ4n) is 3.18. The van der Waals surface area contributed by atoms with Crippen LogP contribution in [-0.4, -0.2) is 26.0 Å². The lowest BCUT2D eigenvalue weighted by Gasteiger charge is -2.40. The van der Waals surface area contributed by atoms with Gasteiger partial charge in [0.2, 0.25) is 0 Å². The molecule has 1 spiro atoms. The van der Waals surface area contributed by atoms with Gasteiger partial charge in [-0.05, 0) is 43.1 Å². The summed E-state index contributed by atoms with van der Waals surface area (Å²) in [7, 11) is 8.23. The molecule has 0 amide bonds. The zero-order chi connectivity index (χ0) is 11.6. The molecule has 1 aliphatic heterocycles. The zero-order valence-corrected chi connectivity index (χ0v) is 9.69. The fourth-order valence-corrected chi connectivity index (χ4v) is 3.18. The van der Waals surface area contributed by atoms with E-state index in [0.717, 1.165) is 24.1 Å². The molecule has 4 rings (SSSR count). The third-order valence-electron chi connectivity index (χ3n) is 4.12. The summed E-state index contributed by atoms with van der Waals surface area (Å²) in [6.45, 7) is 1.90. The van der Waals surface area contributed by atoms with Crippen LogP contribution in [0.1, 0.15) is 24.1 Å². The van der Waals surface area contributed by atoms with Crippen LogP contribution in [0.5, 0.6) is 0 Å². The van der Waals surface area contributed by atoms with Crippen LogP contribution in [-0.2, 0) is 12.0 Å². The highest BCUT2D eigenvalue weighted by molar-refractivity contribution is 5.83. The number of aromatic nitrogens is 3. The van der Waals surface area contributed by atoms with Crippen molar-refractivity contribution in [1.82, 2.24) is 19.4 Å². The van der Waals surface area contributed by atoms with Crippen LogP contribution < -0.4 is 0 Å². The van der Waals surface area contributed by atoms with Crippen LogP contribution >= 0.6 is 0 Å². The summed E-state index contributed by atoms with van der Waals surface area (Å²) >= 11 is 0. The monoisotopic (exact) mass is 226 g/mol. The maximum atomic E-state index is 4.47. The van der Waals surface area contributed by atoms with E-state index in [1.54, 1.807) is 6.33 Å². The number of rotatable bonds is 0. The maximum Gasteiger partial charge on any atom is 0.113 e. The predicted octanol–water partition coefficient (Wildman–Crippen LogP) is 1.71. The van der Waals surface area contributed by atoms with Crippen LogP contribution in [0, 0.1) is 14.1 Å². The third-order valence-corrected chi connectivity index (χ3v) is 4.12. The summed E-state index contributed by atoms with van der Waals surface area (Å²) in [5.41, 5.74) is 5.10. The van der Waals surface area contributed by atoms with Crippen LogP contribution in [0.4, 0.5) is 0 Å². The zero-order valence-electron chi connectivity index (χ0n) is 9.69. The van der Waals surface area contributed by atoms with Gasteiger partial charge in [0, 0.05) is 5.52 Å². The van der Waals surface area contributed by atoms with Gasteiger partial charge in [-0.25, -0.2) is 4.98 Å². The number of fused-ring (bicyclic) bond motifs is 4. The lowest BCUT2D eigenvalue weighted by molar-refractivity contribution is 0.295. The van der Waals surface area contributed by atoms with Crippen molar-refractivity contribution in [1.29, 1.82) is 0 Å². The minimum Gasteiger partial charge on any atom is -0.481 e. The molecule has 1 aliphatic carbocycles. The summed E-state index contributed by atoms with van der Waals surface area (Å²) < 4.78 is 1.99. The second-order valence-corrected chi connectivity index (χ2v) is 5.27. The largest absolute Gasteiger partial charge is 0.481 e. The topological polar surface area (TPSA) is 34.0 Å². The Bertz CT molecular complexity index is 609. The first-order valence-corrected chi connectivity index (χ1v) is 5.91. The van der Waals surface area contributed by atoms with Crippen molar-refractivity contribution in [2.75, 3.05) is 6.54 Å². The van der Waals surface area contributed by atoms with E-state index < -0.39 is 0 Å². The highest BCUT2D eigenvalue weighted by Crippen LogP contribution is 2.54. The number of hydrogen-bond acceptors (Lipinski definition) is 3. The molecular formula is C13H14N4-2. The number of hydrogen-bond donors (Lipinski definition) is 0. The second-order valence-electron chi connectivity index (χ2n) is 5.27. The van der Waals surface area contributed by atoms with E-state index in [4.69, 9.17) is 0 Å². The van der Waals surface area contributed by atoms with Crippen LogP contribution in [0.3, 0.4) is 0 Å². The molecule has 0 radical (unpaired) electrons. The predicted molar refractivity (Wildman–Crippen MR) is 65.0 cm³/mol. The molecular weight excluding hydrogens is 212 g/mol. The molecule has 2 aromatic rings. The molecule has 0 saturated heterocycles. The van der Waals surface area contributed by atoms with E-state index >= 15 is 0 Å². The minimum absolute atomic E-state index is 0.297. The Balaban J connectivity index is 2.10. The van der Waals surface area contributed by atoms with Gasteiger partial charge >= 0.3 is 0 Å². The van der Waals surface area contributed by atoms with Crippen molar-refractivity contribution >= 4 is 11.0 Å². The molecule has 0 unspecified atom stereocenters. The van der Waals surface area contributed by atoms with E-state index in [2.05, 4.69) is 29.0 Å². The maximum absolute atomic E-state index is 4.47. The van der Waals surface area contributed by atoms with E-state index in [-0.39, 0.29) is 0 Å². The van der Waals surface area contributed by atoms with Gasteiger partial charge in [-0.2, -0.15) is 0 Å². The molecule has 0 aromatic carbocycles. The van der Waals surface area contributed by atoms with Crippen molar-refractivity contribution in [2.45, 2.75) is 24.8 Å². The lowest BCUT2D eigenvalue weighted by Crippen LogP contribution is -2.34. The molecule has 0 N–H and O–H groups in total. The molecule has 0 atom stereocenters. The highest BCUT2D eigenvalue weighted by atomic mass is 15.2. The van der Waals surface area contributed by atoms with Gasteiger partial charge in [0.05, 0.1) is 0 Å². The van der Waals surface area contributed by atoms with Crippen LogP contribution in [0.15, 0.2) is 12.5 Å². The van der Waals surface area contributed by atoms with Gasteiger partial charge in [0.1, 0.15) is 6.33 Å². The normalized spacial score (nSPS) is 21.9. The molecule has 17 heavy (non-hydrogen) atoms. The van der Waals surface area contributed by atoms with Crippen LogP contribution in [0.25, 0.3) is 11.0 Å². The molecule has 1 saturated carbocycles. The second kappa shape index (κ2) is 2.82. The summed E-state index contributed by atoms with van der Waals surface area (Å²) in [6, 6.07) is 0. The van der Waals surface area contributed by atoms with Crippen molar-refractivity contribution in [3.8, 4) is 0 Å². The first-order valence-electron chi connectivity index (χ1n) is 5.91. The Hall–Kier alpha value is -1.55. The van der Waals surface area contributed by atoms with Gasteiger partial charge < -0.3 is 9.47 Å². The van der Waals surface area contributed by atoms with E-state index in [1.807, 2.05) is 10.8 Å². The molecule has 0 bridgehead atoms. The Kier molecular flexibility index (Phi) is 1.57. The van der Waals surface area contributed by atoms with Gasteiger partial charge in [0.15, 0.2) is 0 Å². The van der Waals surface area contributed by atoms with Gasteiger partial charge in [-0.1, -0.05) is 11.3 Å². The summed E-state index contributed by atoms with van der Waals surface area (Å²) in [5.74, 6) is 0. The molecule has 2 aromatic heterocycles. The minimum atomic E-state index is 0.297. The highest BCUT2D eigenvalue weighted by Gasteiger charge is 2.47. The molecule has 3 heterocycles. The van der Waals surface area contributed by atoms with Crippen molar-refractivity contribution in [3.63, 3.8) is 0 Å². The summed E-state index contributed by atoms with van der Waals surface area (Å²) in [4.78, 5) is 10.7. The molecule has 4 nitrogen and oxygen atoms in total.